The summed E-state index contributed by atoms with van der Waals surface area (Å²) in [4.78, 5) is 18.2. The van der Waals surface area contributed by atoms with Gasteiger partial charge in [-0.05, 0) is 61.4 Å². The van der Waals surface area contributed by atoms with E-state index in [2.05, 4.69) is 15.9 Å². The second-order valence-corrected chi connectivity index (χ2v) is 8.49. The Hall–Kier alpha value is -3.02. The van der Waals surface area contributed by atoms with Crippen LogP contribution < -0.4 is 0 Å². The van der Waals surface area contributed by atoms with Gasteiger partial charge in [0.05, 0.1) is 24.3 Å². The van der Waals surface area contributed by atoms with E-state index in [1.165, 1.54) is 0 Å². The highest BCUT2D eigenvalue weighted by molar-refractivity contribution is 9.10. The van der Waals surface area contributed by atoms with E-state index in [0.29, 0.717) is 11.3 Å². The number of ketones is 1. The molecule has 162 valence electrons. The third-order valence-corrected chi connectivity index (χ3v) is 6.05. The number of ether oxygens (including phenoxy) is 2. The molecular weight excluding hydrogens is 466 g/mol. The van der Waals surface area contributed by atoms with Crippen molar-refractivity contribution < 1.29 is 14.3 Å². The van der Waals surface area contributed by atoms with E-state index in [-0.39, 0.29) is 11.9 Å². The second-order valence-electron chi connectivity index (χ2n) is 7.58. The summed E-state index contributed by atoms with van der Waals surface area (Å²) in [6.45, 7) is 1.89. The van der Waals surface area contributed by atoms with E-state index in [1.807, 2.05) is 67.6 Å². The first-order valence-electron chi connectivity index (χ1n) is 10.4. The molecular formula is C27H24BrNO3. The molecule has 0 N–H and O–H groups in total. The van der Waals surface area contributed by atoms with Crippen molar-refractivity contribution in [1.29, 1.82) is 0 Å². The van der Waals surface area contributed by atoms with Gasteiger partial charge in [0.15, 0.2) is 5.78 Å². The van der Waals surface area contributed by atoms with Crippen molar-refractivity contribution in [3.8, 4) is 11.1 Å². The predicted molar refractivity (Wildman–Crippen MR) is 132 cm³/mol. The minimum Gasteiger partial charge on any atom is -0.496 e. The maximum Gasteiger partial charge on any atom is 0.188 e. The molecule has 4 rings (SSSR count). The van der Waals surface area contributed by atoms with Crippen molar-refractivity contribution in [2.75, 3.05) is 14.2 Å². The molecule has 0 radical (unpaired) electrons. The molecule has 0 amide bonds. The number of rotatable bonds is 6. The lowest BCUT2D eigenvalue weighted by molar-refractivity contribution is 0.104. The van der Waals surface area contributed by atoms with Gasteiger partial charge in [0.25, 0.3) is 0 Å². The van der Waals surface area contributed by atoms with Crippen molar-refractivity contribution in [2.24, 2.45) is 0 Å². The number of benzene rings is 2. The summed E-state index contributed by atoms with van der Waals surface area (Å²) in [6.07, 6.45) is 8.05. The molecule has 0 saturated carbocycles. The van der Waals surface area contributed by atoms with Gasteiger partial charge in [-0.25, -0.2) is 0 Å². The number of fused-ring (bicyclic) bond motifs is 1. The summed E-state index contributed by atoms with van der Waals surface area (Å²) in [5, 5.41) is 0.932. The number of carbonyl (C=O) groups is 1. The van der Waals surface area contributed by atoms with Crippen LogP contribution in [0.25, 0.3) is 22.0 Å². The van der Waals surface area contributed by atoms with Gasteiger partial charge in [-0.15, -0.1) is 0 Å². The lowest BCUT2D eigenvalue weighted by Gasteiger charge is -2.18. The summed E-state index contributed by atoms with van der Waals surface area (Å²) in [6, 6.07) is 15.9. The zero-order chi connectivity index (χ0) is 22.7. The van der Waals surface area contributed by atoms with E-state index < -0.39 is 0 Å². The zero-order valence-corrected chi connectivity index (χ0v) is 19.8. The zero-order valence-electron chi connectivity index (χ0n) is 18.3. The first-order chi connectivity index (χ1) is 15.5. The molecule has 0 fully saturated rings. The molecule has 1 aliphatic rings. The highest BCUT2D eigenvalue weighted by Crippen LogP contribution is 2.35. The topological polar surface area (TPSA) is 48.4 Å². The Morgan fingerprint density at radius 3 is 2.66 bits per heavy atom. The Morgan fingerprint density at radius 1 is 1.16 bits per heavy atom. The smallest absolute Gasteiger partial charge is 0.188 e. The van der Waals surface area contributed by atoms with E-state index >= 15 is 0 Å². The van der Waals surface area contributed by atoms with Gasteiger partial charge < -0.3 is 9.47 Å². The predicted octanol–water partition coefficient (Wildman–Crippen LogP) is 6.59. The summed E-state index contributed by atoms with van der Waals surface area (Å²) < 4.78 is 11.9. The number of carbonyl (C=O) groups excluding carboxylic acids is 1. The number of aromatic nitrogens is 1. The Morgan fingerprint density at radius 2 is 1.94 bits per heavy atom. The van der Waals surface area contributed by atoms with E-state index in [9.17, 15) is 4.79 Å². The van der Waals surface area contributed by atoms with Crippen molar-refractivity contribution >= 4 is 32.6 Å². The standard InChI is InChI=1S/C27H24BrNO3/c1-17-26(24(30)13-9-19-15-21(31-2)11-14-25(19)32-3)27(18-7-5-4-6-8-18)22-16-20(28)10-12-23(22)29-17/h4-10,12-16,21H,11H2,1-3H3/b13-9+/t21-/m1/s1. The number of allylic oxidation sites excluding steroid dienone is 2. The monoisotopic (exact) mass is 489 g/mol. The quantitative estimate of drug-likeness (QED) is 0.289. The van der Waals surface area contributed by atoms with Crippen LogP contribution in [0.5, 0.6) is 0 Å². The number of pyridine rings is 1. The molecule has 0 spiro atoms. The van der Waals surface area contributed by atoms with Gasteiger partial charge >= 0.3 is 0 Å². The van der Waals surface area contributed by atoms with E-state index in [4.69, 9.17) is 14.5 Å². The first-order valence-corrected chi connectivity index (χ1v) is 11.2. The van der Waals surface area contributed by atoms with Crippen LogP contribution >= 0.6 is 15.9 Å². The molecule has 0 aliphatic heterocycles. The lowest BCUT2D eigenvalue weighted by atomic mass is 9.91. The molecule has 4 nitrogen and oxygen atoms in total. The van der Waals surface area contributed by atoms with Gasteiger partial charge in [0, 0.05) is 33.8 Å². The molecule has 3 aromatic rings. The maximum atomic E-state index is 13.5. The summed E-state index contributed by atoms with van der Waals surface area (Å²) in [7, 11) is 3.30. The minimum atomic E-state index is -0.105. The molecule has 0 unspecified atom stereocenters. The summed E-state index contributed by atoms with van der Waals surface area (Å²) in [5.41, 5.74) is 4.84. The third-order valence-electron chi connectivity index (χ3n) is 5.56. The number of aryl methyl sites for hydroxylation is 1. The molecule has 1 aliphatic carbocycles. The highest BCUT2D eigenvalue weighted by Gasteiger charge is 2.20. The lowest BCUT2D eigenvalue weighted by Crippen LogP contribution is -2.12. The molecule has 2 aromatic carbocycles. The molecule has 5 heteroatoms. The number of methoxy groups -OCH3 is 2. The van der Waals surface area contributed by atoms with Crippen LogP contribution in [0.4, 0.5) is 0 Å². The Balaban J connectivity index is 1.84. The number of nitrogens with zero attached hydrogens (tertiary/aromatic N) is 1. The average molecular weight is 490 g/mol. The van der Waals surface area contributed by atoms with Gasteiger partial charge in [-0.2, -0.15) is 0 Å². The number of hydrogen-bond acceptors (Lipinski definition) is 4. The van der Waals surface area contributed by atoms with Gasteiger partial charge in [0.2, 0.25) is 0 Å². The van der Waals surface area contributed by atoms with Crippen LogP contribution in [-0.2, 0) is 9.47 Å². The van der Waals surface area contributed by atoms with Crippen LogP contribution in [-0.4, -0.2) is 31.1 Å². The highest BCUT2D eigenvalue weighted by atomic mass is 79.9. The molecule has 1 aromatic heterocycles. The Labute approximate surface area is 196 Å². The van der Waals surface area contributed by atoms with Crippen LogP contribution in [0.3, 0.4) is 0 Å². The maximum absolute atomic E-state index is 13.5. The van der Waals surface area contributed by atoms with Gasteiger partial charge in [-0.1, -0.05) is 46.3 Å². The van der Waals surface area contributed by atoms with E-state index in [0.717, 1.165) is 44.3 Å². The van der Waals surface area contributed by atoms with Crippen LogP contribution in [0, 0.1) is 6.92 Å². The van der Waals surface area contributed by atoms with Gasteiger partial charge in [0.1, 0.15) is 5.76 Å². The third kappa shape index (κ3) is 4.45. The number of halogens is 1. The average Bonchev–Trinajstić information content (AvgIpc) is 2.82. The summed E-state index contributed by atoms with van der Waals surface area (Å²) >= 11 is 3.56. The van der Waals surface area contributed by atoms with E-state index in [1.54, 1.807) is 26.4 Å². The fourth-order valence-corrected chi connectivity index (χ4v) is 4.37. The molecule has 0 saturated heterocycles. The normalized spacial score (nSPS) is 16.2. The summed E-state index contributed by atoms with van der Waals surface area (Å²) in [5.74, 6) is 0.634. The van der Waals surface area contributed by atoms with Gasteiger partial charge in [-0.3, -0.25) is 9.78 Å². The molecule has 1 heterocycles. The Bertz CT molecular complexity index is 1260. The molecule has 0 bridgehead atoms. The molecule has 1 atom stereocenters. The molecule has 32 heavy (non-hydrogen) atoms. The SMILES string of the molecule is COC1=CC[C@@H](OC)C=C1/C=C/C(=O)c1c(C)nc2ccc(Br)cc2c1-c1ccccc1. The van der Waals surface area contributed by atoms with Crippen molar-refractivity contribution in [1.82, 2.24) is 4.98 Å². The van der Waals surface area contributed by atoms with Crippen LogP contribution in [0.1, 0.15) is 22.5 Å². The minimum absolute atomic E-state index is 0.0371. The van der Waals surface area contributed by atoms with Crippen molar-refractivity contribution in [3.05, 3.63) is 99.9 Å². The number of hydrogen-bond donors (Lipinski definition) is 0. The first kappa shape index (κ1) is 22.2. The second kappa shape index (κ2) is 9.63. The fraction of sp³-hybridized carbons (Fsp3) is 0.185. The van der Waals surface area contributed by atoms with Crippen molar-refractivity contribution in [3.63, 3.8) is 0 Å². The van der Waals surface area contributed by atoms with Crippen LogP contribution in [0.2, 0.25) is 0 Å². The Kier molecular flexibility index (Phi) is 6.68. The van der Waals surface area contributed by atoms with Crippen LogP contribution in [0.15, 0.2) is 88.6 Å². The van der Waals surface area contributed by atoms with Crippen molar-refractivity contribution in [2.45, 2.75) is 19.4 Å². The largest absolute Gasteiger partial charge is 0.496 e. The fourth-order valence-electron chi connectivity index (χ4n) is 4.01.